The van der Waals surface area contributed by atoms with Crippen LogP contribution in [0.5, 0.6) is 5.75 Å². The standard InChI is InChI=1S/C20H26N2O3.C7H8/c1-3-11-24-13-18-16-5-4-6-19(23)17(16)7-8-20(18)25-15(2)12-22-10-9-21-14-22;1-7-5-3-2-4-6-7/h7-10,14-15H,3-6,11-13H2,1-2H3;2-6H,1H3. The van der Waals surface area contributed by atoms with Gasteiger partial charge in [-0.25, -0.2) is 4.98 Å². The minimum atomic E-state index is -0.00327. The summed E-state index contributed by atoms with van der Waals surface area (Å²) in [5, 5.41) is 0. The fourth-order valence-electron chi connectivity index (χ4n) is 3.85. The van der Waals surface area contributed by atoms with Crippen LogP contribution in [0, 0.1) is 6.92 Å². The van der Waals surface area contributed by atoms with E-state index in [4.69, 9.17) is 9.47 Å². The maximum atomic E-state index is 12.2. The third-order valence-electron chi connectivity index (χ3n) is 5.41. The van der Waals surface area contributed by atoms with Crippen LogP contribution in [-0.2, 0) is 24.3 Å². The number of nitrogens with zero attached hydrogens (tertiary/aromatic N) is 2. The summed E-state index contributed by atoms with van der Waals surface area (Å²) in [6, 6.07) is 14.1. The summed E-state index contributed by atoms with van der Waals surface area (Å²) >= 11 is 0. The number of ketones is 1. The van der Waals surface area contributed by atoms with Crippen molar-refractivity contribution in [3.63, 3.8) is 0 Å². The topological polar surface area (TPSA) is 53.4 Å². The Labute approximate surface area is 191 Å². The zero-order valence-corrected chi connectivity index (χ0v) is 19.4. The molecule has 3 aromatic rings. The lowest BCUT2D eigenvalue weighted by Gasteiger charge is -2.24. The van der Waals surface area contributed by atoms with E-state index in [1.807, 2.05) is 48.0 Å². The summed E-state index contributed by atoms with van der Waals surface area (Å²) in [4.78, 5) is 16.3. The summed E-state index contributed by atoms with van der Waals surface area (Å²) in [6.45, 7) is 8.15. The molecule has 4 rings (SSSR count). The maximum Gasteiger partial charge on any atom is 0.163 e. The maximum absolute atomic E-state index is 12.2. The summed E-state index contributed by atoms with van der Waals surface area (Å²) in [5.41, 5.74) is 4.31. The van der Waals surface area contributed by atoms with Crippen molar-refractivity contribution in [2.75, 3.05) is 6.61 Å². The first-order valence-electron chi connectivity index (χ1n) is 11.5. The van der Waals surface area contributed by atoms with Gasteiger partial charge < -0.3 is 14.0 Å². The summed E-state index contributed by atoms with van der Waals surface area (Å²) in [6.07, 6.45) is 8.91. The number of Topliss-reactive ketones (excluding diaryl/α,β-unsaturated/α-hetero) is 1. The highest BCUT2D eigenvalue weighted by atomic mass is 16.5. The Morgan fingerprint density at radius 1 is 1.12 bits per heavy atom. The number of ether oxygens (including phenoxy) is 2. The molecule has 0 bridgehead atoms. The largest absolute Gasteiger partial charge is 0.488 e. The number of carbonyl (C=O) groups is 1. The Balaban J connectivity index is 0.000000352. The van der Waals surface area contributed by atoms with E-state index in [0.29, 0.717) is 19.6 Å². The number of aryl methyl sites for hydroxylation is 1. The molecule has 0 saturated carbocycles. The molecule has 0 N–H and O–H groups in total. The molecule has 5 nitrogen and oxygen atoms in total. The molecule has 1 atom stereocenters. The number of imidazole rings is 1. The molecule has 5 heteroatoms. The minimum absolute atomic E-state index is 0.00327. The highest BCUT2D eigenvalue weighted by Gasteiger charge is 2.23. The molecule has 0 saturated heterocycles. The van der Waals surface area contributed by atoms with Gasteiger partial charge in [-0.1, -0.05) is 42.8 Å². The van der Waals surface area contributed by atoms with Crippen LogP contribution in [0.4, 0.5) is 0 Å². The molecule has 0 fully saturated rings. The fourth-order valence-corrected chi connectivity index (χ4v) is 3.85. The molecule has 0 amide bonds. The predicted octanol–water partition coefficient (Wildman–Crippen LogP) is 5.79. The van der Waals surface area contributed by atoms with Gasteiger partial charge in [0.25, 0.3) is 0 Å². The summed E-state index contributed by atoms with van der Waals surface area (Å²) in [7, 11) is 0. The van der Waals surface area contributed by atoms with Crippen molar-refractivity contribution in [1.29, 1.82) is 0 Å². The van der Waals surface area contributed by atoms with Crippen molar-refractivity contribution in [2.24, 2.45) is 0 Å². The molecular formula is C27H34N2O3. The lowest BCUT2D eigenvalue weighted by atomic mass is 9.87. The Hall–Kier alpha value is -2.92. The second kappa shape index (κ2) is 12.2. The number of rotatable bonds is 8. The summed E-state index contributed by atoms with van der Waals surface area (Å²) < 4.78 is 14.0. The second-order valence-corrected chi connectivity index (χ2v) is 8.24. The van der Waals surface area contributed by atoms with Crippen LogP contribution in [0.25, 0.3) is 0 Å². The monoisotopic (exact) mass is 434 g/mol. The third-order valence-corrected chi connectivity index (χ3v) is 5.41. The van der Waals surface area contributed by atoms with Crippen LogP contribution in [0.3, 0.4) is 0 Å². The lowest BCUT2D eigenvalue weighted by molar-refractivity contribution is 0.0968. The van der Waals surface area contributed by atoms with Crippen molar-refractivity contribution in [1.82, 2.24) is 9.55 Å². The van der Waals surface area contributed by atoms with E-state index in [2.05, 4.69) is 31.0 Å². The molecule has 0 radical (unpaired) electrons. The molecule has 2 aromatic carbocycles. The van der Waals surface area contributed by atoms with Crippen LogP contribution in [-0.4, -0.2) is 28.0 Å². The quantitative estimate of drug-likeness (QED) is 0.421. The van der Waals surface area contributed by atoms with Crippen molar-refractivity contribution in [2.45, 2.75) is 65.7 Å². The van der Waals surface area contributed by atoms with E-state index in [0.717, 1.165) is 48.2 Å². The number of hydrogen-bond donors (Lipinski definition) is 0. The van der Waals surface area contributed by atoms with E-state index in [9.17, 15) is 4.79 Å². The van der Waals surface area contributed by atoms with Gasteiger partial charge in [-0.05, 0) is 50.8 Å². The minimum Gasteiger partial charge on any atom is -0.488 e. The van der Waals surface area contributed by atoms with E-state index >= 15 is 0 Å². The first-order valence-corrected chi connectivity index (χ1v) is 11.5. The molecule has 1 aliphatic carbocycles. The zero-order chi connectivity index (χ0) is 22.8. The Morgan fingerprint density at radius 3 is 2.59 bits per heavy atom. The van der Waals surface area contributed by atoms with Crippen LogP contribution < -0.4 is 4.74 Å². The van der Waals surface area contributed by atoms with Gasteiger partial charge in [0, 0.05) is 36.5 Å². The average molecular weight is 435 g/mol. The Bertz CT molecular complexity index is 968. The first-order chi connectivity index (χ1) is 15.6. The van der Waals surface area contributed by atoms with Gasteiger partial charge in [-0.2, -0.15) is 0 Å². The molecule has 1 aromatic heterocycles. The number of carbonyl (C=O) groups excluding carboxylic acids is 1. The van der Waals surface area contributed by atoms with Gasteiger partial charge in [0.2, 0.25) is 0 Å². The molecule has 0 aliphatic heterocycles. The number of hydrogen-bond acceptors (Lipinski definition) is 4. The van der Waals surface area contributed by atoms with Crippen LogP contribution >= 0.6 is 0 Å². The zero-order valence-electron chi connectivity index (χ0n) is 19.4. The van der Waals surface area contributed by atoms with Crippen LogP contribution in [0.2, 0.25) is 0 Å². The highest BCUT2D eigenvalue weighted by Crippen LogP contribution is 2.32. The molecule has 170 valence electrons. The average Bonchev–Trinajstić information content (AvgIpc) is 3.29. The second-order valence-electron chi connectivity index (χ2n) is 8.24. The summed E-state index contributed by atoms with van der Waals surface area (Å²) in [5.74, 6) is 1.06. The smallest absolute Gasteiger partial charge is 0.163 e. The van der Waals surface area contributed by atoms with Gasteiger partial charge in [0.05, 0.1) is 19.5 Å². The molecule has 32 heavy (non-hydrogen) atoms. The first kappa shape index (κ1) is 23.7. The van der Waals surface area contributed by atoms with Crippen molar-refractivity contribution in [3.8, 4) is 5.75 Å². The SMILES string of the molecule is CCCOCc1c(OC(C)Cn2ccnc2)ccc2c1CCCC2=O.Cc1ccccc1. The van der Waals surface area contributed by atoms with Gasteiger partial charge in [0.15, 0.2) is 5.78 Å². The van der Waals surface area contributed by atoms with E-state index < -0.39 is 0 Å². The van der Waals surface area contributed by atoms with Crippen molar-refractivity contribution < 1.29 is 14.3 Å². The third kappa shape index (κ3) is 6.79. The molecule has 0 spiro atoms. The predicted molar refractivity (Wildman–Crippen MR) is 127 cm³/mol. The van der Waals surface area contributed by atoms with Crippen molar-refractivity contribution >= 4 is 5.78 Å². The van der Waals surface area contributed by atoms with Gasteiger partial charge >= 0.3 is 0 Å². The number of aromatic nitrogens is 2. The van der Waals surface area contributed by atoms with E-state index in [1.165, 1.54) is 5.56 Å². The lowest BCUT2D eigenvalue weighted by Crippen LogP contribution is -2.21. The van der Waals surface area contributed by atoms with Crippen molar-refractivity contribution in [3.05, 3.63) is 83.4 Å². The van der Waals surface area contributed by atoms with E-state index in [-0.39, 0.29) is 11.9 Å². The van der Waals surface area contributed by atoms with Crippen LogP contribution in [0.15, 0.2) is 61.2 Å². The highest BCUT2D eigenvalue weighted by molar-refractivity contribution is 5.99. The molecule has 1 aliphatic rings. The number of fused-ring (bicyclic) bond motifs is 1. The molecule has 1 unspecified atom stereocenters. The molecule has 1 heterocycles. The van der Waals surface area contributed by atoms with Gasteiger partial charge in [-0.3, -0.25) is 4.79 Å². The normalized spacial score (nSPS) is 13.7. The van der Waals surface area contributed by atoms with Gasteiger partial charge in [-0.15, -0.1) is 0 Å². The Kier molecular flexibility index (Phi) is 9.05. The van der Waals surface area contributed by atoms with E-state index in [1.54, 1.807) is 12.5 Å². The molecular weight excluding hydrogens is 400 g/mol. The fraction of sp³-hybridized carbons (Fsp3) is 0.407. The number of benzene rings is 2. The van der Waals surface area contributed by atoms with Gasteiger partial charge in [0.1, 0.15) is 11.9 Å². The van der Waals surface area contributed by atoms with Crippen LogP contribution in [0.1, 0.15) is 60.2 Å². The Morgan fingerprint density at radius 2 is 1.94 bits per heavy atom.